The molecule has 2 aromatic heterocycles. The number of nitrogens with zero attached hydrogens (tertiary/aromatic N) is 7. The Kier molecular flexibility index (Phi) is 28.0. The van der Waals surface area contributed by atoms with E-state index >= 15 is 4.39 Å². The molecule has 0 saturated carbocycles. The number of benzene rings is 2. The van der Waals surface area contributed by atoms with E-state index in [-0.39, 0.29) is 154 Å². The SMILES string of the molecule is C.CCn1cc(C(=O)O)c(=O)c2cc(F)c(N3CCN(C(=O)OCc4ccc(NC(=O)[C@H](CCCNC(N)=O)n5cc([C@@H](NC(=O)[C@H](CC(C)C)NC(=O)CCCCCN6C(=O)CCC6=O)C(C)C)nn5)cc4)CC3)cc21.S.S.S. The first-order valence-corrected chi connectivity index (χ1v) is 25.8. The average Bonchev–Trinajstić information content (AvgIpc) is 4.02. The number of hydrogen-bond donors (Lipinski definition) is 6. The van der Waals surface area contributed by atoms with Gasteiger partial charge in [0.15, 0.2) is 0 Å². The molecule has 0 radical (unpaired) electrons. The van der Waals surface area contributed by atoms with E-state index in [0.29, 0.717) is 67.7 Å². The highest BCUT2D eigenvalue weighted by atomic mass is 32.1. The number of nitrogens with two attached hydrogens (primary N) is 1. The lowest BCUT2D eigenvalue weighted by atomic mass is 9.98. The molecule has 2 fully saturated rings. The predicted octanol–water partition coefficient (Wildman–Crippen LogP) is 5.57. The number of carboxylic acids is 1. The zero-order valence-corrected chi connectivity index (χ0v) is 48.1. The summed E-state index contributed by atoms with van der Waals surface area (Å²) < 4.78 is 24.0. The van der Waals surface area contributed by atoms with E-state index in [1.54, 1.807) is 46.9 Å². The predicted molar refractivity (Wildman–Crippen MR) is 315 cm³/mol. The summed E-state index contributed by atoms with van der Waals surface area (Å²) in [6.07, 6.45) is 5.54. The summed E-state index contributed by atoms with van der Waals surface area (Å²) in [6, 6.07) is 6.12. The zero-order valence-electron chi connectivity index (χ0n) is 45.1. The number of aromatic nitrogens is 4. The van der Waals surface area contributed by atoms with Gasteiger partial charge in [-0.3, -0.25) is 33.7 Å². The number of carboxylic acid groups (broad SMARTS) is 1. The second-order valence-corrected chi connectivity index (χ2v) is 19.8. The molecule has 6 rings (SSSR count). The maximum Gasteiger partial charge on any atom is 0.410 e. The Balaban J connectivity index is 0.00000547. The van der Waals surface area contributed by atoms with Gasteiger partial charge < -0.3 is 51.2 Å². The molecule has 8 amide bonds. The number of halogens is 1. The molecule has 0 unspecified atom stereocenters. The fourth-order valence-corrected chi connectivity index (χ4v) is 9.22. The number of piperazine rings is 1. The number of unbranched alkanes of at least 4 members (excludes halogenated alkanes) is 2. The summed E-state index contributed by atoms with van der Waals surface area (Å²) in [7, 11) is 0. The van der Waals surface area contributed by atoms with Crippen LogP contribution in [0.4, 0.5) is 25.4 Å². The van der Waals surface area contributed by atoms with Crippen molar-refractivity contribution in [1.82, 2.24) is 45.3 Å². The Labute approximate surface area is 486 Å². The zero-order chi connectivity index (χ0) is 55.2. The Morgan fingerprint density at radius 2 is 1.51 bits per heavy atom. The quantitative estimate of drug-likeness (QED) is 0.0350. The number of anilines is 2. The highest BCUT2D eigenvalue weighted by Gasteiger charge is 2.32. The van der Waals surface area contributed by atoms with Gasteiger partial charge in [0.2, 0.25) is 35.0 Å². The third kappa shape index (κ3) is 18.6. The second-order valence-electron chi connectivity index (χ2n) is 19.8. The normalized spacial score (nSPS) is 14.2. The van der Waals surface area contributed by atoms with Gasteiger partial charge in [0, 0.05) is 82.3 Å². The van der Waals surface area contributed by atoms with Crippen LogP contribution in [-0.4, -0.2) is 127 Å². The summed E-state index contributed by atoms with van der Waals surface area (Å²) in [5.41, 5.74) is 6.12. The minimum absolute atomic E-state index is 0. The molecule has 4 aromatic rings. The van der Waals surface area contributed by atoms with Crippen LogP contribution in [0, 0.1) is 17.7 Å². The van der Waals surface area contributed by atoms with E-state index in [4.69, 9.17) is 10.5 Å². The van der Waals surface area contributed by atoms with Crippen molar-refractivity contribution in [3.8, 4) is 0 Å². The molecule has 4 heterocycles. The van der Waals surface area contributed by atoms with Crippen LogP contribution in [0.25, 0.3) is 10.9 Å². The van der Waals surface area contributed by atoms with Crippen LogP contribution in [0.1, 0.15) is 134 Å². The molecule has 442 valence electrons. The fourth-order valence-electron chi connectivity index (χ4n) is 9.22. The van der Waals surface area contributed by atoms with E-state index in [9.17, 15) is 48.3 Å². The van der Waals surface area contributed by atoms with Crippen molar-refractivity contribution < 1.29 is 52.6 Å². The number of likely N-dealkylation sites (tertiary alicyclic amines) is 1. The van der Waals surface area contributed by atoms with E-state index in [1.165, 1.54) is 26.7 Å². The minimum atomic E-state index is -1.39. The van der Waals surface area contributed by atoms with Crippen LogP contribution < -0.4 is 37.3 Å². The van der Waals surface area contributed by atoms with Crippen molar-refractivity contribution in [2.45, 2.75) is 131 Å². The van der Waals surface area contributed by atoms with Crippen LogP contribution in [0.2, 0.25) is 0 Å². The van der Waals surface area contributed by atoms with Crippen molar-refractivity contribution in [2.24, 2.45) is 17.6 Å². The van der Waals surface area contributed by atoms with Gasteiger partial charge in [-0.1, -0.05) is 58.9 Å². The van der Waals surface area contributed by atoms with Gasteiger partial charge in [-0.25, -0.2) is 23.5 Å². The van der Waals surface area contributed by atoms with Crippen LogP contribution >= 0.6 is 40.5 Å². The minimum Gasteiger partial charge on any atom is -0.477 e. The molecule has 27 heteroatoms. The van der Waals surface area contributed by atoms with Crippen LogP contribution in [-0.2, 0) is 41.9 Å². The van der Waals surface area contributed by atoms with E-state index in [1.807, 2.05) is 27.7 Å². The van der Waals surface area contributed by atoms with Gasteiger partial charge in [0.25, 0.3) is 0 Å². The number of pyridine rings is 1. The first-order valence-electron chi connectivity index (χ1n) is 25.8. The summed E-state index contributed by atoms with van der Waals surface area (Å²) in [5.74, 6) is -3.70. The van der Waals surface area contributed by atoms with Crippen LogP contribution in [0.3, 0.4) is 0 Å². The topological polar surface area (TPSA) is 303 Å². The first kappa shape index (κ1) is 69.2. The average molecular weight is 1180 g/mol. The molecule has 0 spiro atoms. The highest BCUT2D eigenvalue weighted by Crippen LogP contribution is 2.28. The molecule has 0 aliphatic carbocycles. The molecule has 7 N–H and O–H groups in total. The third-order valence-electron chi connectivity index (χ3n) is 13.4. The van der Waals surface area contributed by atoms with Gasteiger partial charge in [0.05, 0.1) is 23.4 Å². The number of carbonyl (C=O) groups is 8. The largest absolute Gasteiger partial charge is 0.477 e. The number of aryl methyl sites for hydroxylation is 1. The maximum atomic E-state index is 15.4. The molecule has 0 bridgehead atoms. The lowest BCUT2D eigenvalue weighted by Crippen LogP contribution is -2.49. The number of rotatable bonds is 25. The van der Waals surface area contributed by atoms with Crippen molar-refractivity contribution >= 4 is 110 Å². The molecule has 23 nitrogen and oxygen atoms in total. The number of carbonyl (C=O) groups excluding carboxylic acids is 7. The van der Waals surface area contributed by atoms with Crippen molar-refractivity contribution in [1.29, 1.82) is 0 Å². The van der Waals surface area contributed by atoms with Gasteiger partial charge >= 0.3 is 18.1 Å². The number of fused-ring (bicyclic) bond motifs is 1. The standard InChI is InChI=1S/C52H69FN12O11.CH4.3H2S/c1-6-61-28-36(50(72)73)47(69)35-26-37(53)42(27-41(35)61)62-21-23-63(24-22-62)52(75)76-30-33-13-15-34(16-14-33)56-49(71)40(11-10-19-55-51(54)74)65-29-39(59-60-65)46(32(4)5)58-48(70)38(25-31(2)3)57-43(66)12-8-7-9-20-64-44(67)17-18-45(64)68;;;;/h13-16,26-29,31-32,38,40,46H,6-12,17-25,30H2,1-5H3,(H,56,71)(H,57,66)(H,58,70)(H,72,73)(H3,54,55,74);1H4;3*1H2/t38-,40-,46-;;;;/m0..../s1. The Morgan fingerprint density at radius 1 is 0.850 bits per heavy atom. The van der Waals surface area contributed by atoms with E-state index < -0.39 is 64.8 Å². The highest BCUT2D eigenvalue weighted by molar-refractivity contribution is 7.59. The maximum absolute atomic E-state index is 15.4. The van der Waals surface area contributed by atoms with Gasteiger partial charge in [-0.15, -0.1) is 5.10 Å². The first-order chi connectivity index (χ1) is 36.2. The third-order valence-corrected chi connectivity index (χ3v) is 13.4. The number of urea groups is 1. The Bertz CT molecular complexity index is 2830. The monoisotopic (exact) mass is 1170 g/mol. The summed E-state index contributed by atoms with van der Waals surface area (Å²) in [5, 5.41) is 29.5. The lowest BCUT2D eigenvalue weighted by Gasteiger charge is -2.35. The number of ether oxygens (including phenoxy) is 1. The molecule has 2 aliphatic rings. The molecule has 80 heavy (non-hydrogen) atoms. The lowest BCUT2D eigenvalue weighted by molar-refractivity contribution is -0.138. The molecule has 2 saturated heterocycles. The fraction of sp³-hybridized carbons (Fsp3) is 0.528. The number of aromatic carboxylic acids is 1. The van der Waals surface area contributed by atoms with Crippen molar-refractivity contribution in [3.63, 3.8) is 0 Å². The Hall–Kier alpha value is -6.87. The van der Waals surface area contributed by atoms with Crippen molar-refractivity contribution in [3.05, 3.63) is 81.7 Å². The van der Waals surface area contributed by atoms with Gasteiger partial charge in [-0.2, -0.15) is 40.5 Å². The summed E-state index contributed by atoms with van der Waals surface area (Å²) >= 11 is 0. The number of amides is 8. The smallest absolute Gasteiger partial charge is 0.410 e. The Morgan fingerprint density at radius 3 is 2.11 bits per heavy atom. The van der Waals surface area contributed by atoms with E-state index in [0.717, 1.165) is 6.07 Å². The molecular weight excluding hydrogens is 1100 g/mol. The van der Waals surface area contributed by atoms with E-state index in [2.05, 4.69) is 31.6 Å². The van der Waals surface area contributed by atoms with Crippen LogP contribution in [0.15, 0.2) is 53.6 Å². The summed E-state index contributed by atoms with van der Waals surface area (Å²) in [6.45, 7) is 11.2. The summed E-state index contributed by atoms with van der Waals surface area (Å²) in [4.78, 5) is 118. The second kappa shape index (κ2) is 32.4. The number of primary amides is 1. The van der Waals surface area contributed by atoms with Crippen LogP contribution in [0.5, 0.6) is 0 Å². The molecule has 2 aromatic carbocycles. The van der Waals surface area contributed by atoms with Gasteiger partial charge in [-0.05, 0) is 80.7 Å². The molecular formula is C53H79FN12O11S3. The van der Waals surface area contributed by atoms with Crippen molar-refractivity contribution in [2.75, 3.05) is 49.5 Å². The van der Waals surface area contributed by atoms with Gasteiger partial charge in [0.1, 0.15) is 35.8 Å². The molecule has 3 atom stereocenters. The molecule has 2 aliphatic heterocycles. The number of imide groups is 1. The number of nitrogens with one attached hydrogen (secondary N) is 4. The number of hydrogen-bond acceptors (Lipinski definition) is 13.